The third-order valence-electron chi connectivity index (χ3n) is 5.61. The highest BCUT2D eigenvalue weighted by Gasteiger charge is 2.28. The van der Waals surface area contributed by atoms with E-state index in [0.717, 1.165) is 42.6 Å². The molecule has 0 aliphatic carbocycles. The molecule has 7 heteroatoms. The van der Waals surface area contributed by atoms with Crippen LogP contribution in [0.2, 0.25) is 0 Å². The monoisotopic (exact) mass is 536 g/mol. The number of nitrogens with one attached hydrogen (secondary N) is 2. The van der Waals surface area contributed by atoms with Gasteiger partial charge in [-0.25, -0.2) is 8.42 Å². The Morgan fingerprint density at radius 3 is 2.33 bits per heavy atom. The van der Waals surface area contributed by atoms with Gasteiger partial charge in [0.25, 0.3) is 0 Å². The number of hydrogen-bond acceptors (Lipinski definition) is 3. The molecule has 0 spiro atoms. The number of para-hydroxylation sites is 1. The molecule has 5 rings (SSSR count). The smallest absolute Gasteiger partial charge is 0.241 e. The maximum absolute atomic E-state index is 13.5. The Balaban J connectivity index is 1.72. The van der Waals surface area contributed by atoms with Crippen molar-refractivity contribution in [2.24, 2.45) is 0 Å². The molecule has 0 radical (unpaired) electrons. The summed E-state index contributed by atoms with van der Waals surface area (Å²) in [4.78, 5) is 4.82. The lowest BCUT2D eigenvalue weighted by molar-refractivity contribution is 0.573. The maximum atomic E-state index is 13.5. The van der Waals surface area contributed by atoms with E-state index >= 15 is 0 Å². The van der Waals surface area contributed by atoms with E-state index in [0.29, 0.717) is 0 Å². The number of benzene rings is 3. The molecule has 2 aromatic heterocycles. The molecule has 166 valence electrons. The second-order valence-electron chi connectivity index (χ2n) is 7.86. The van der Waals surface area contributed by atoms with Crippen LogP contribution in [-0.4, -0.2) is 13.4 Å². The van der Waals surface area contributed by atoms with Gasteiger partial charge in [0.05, 0.1) is 21.5 Å². The zero-order valence-electron chi connectivity index (χ0n) is 17.7. The van der Waals surface area contributed by atoms with Crippen molar-refractivity contribution in [3.63, 3.8) is 0 Å². The van der Waals surface area contributed by atoms with Crippen LogP contribution in [0.5, 0.6) is 0 Å². The highest BCUT2D eigenvalue weighted by Crippen LogP contribution is 2.40. The molecule has 3 aromatic carbocycles. The summed E-state index contributed by atoms with van der Waals surface area (Å²) in [5, 5.41) is 3.01. The van der Waals surface area contributed by atoms with Crippen molar-refractivity contribution in [2.45, 2.75) is 17.9 Å². The molecule has 1 unspecified atom stereocenters. The van der Waals surface area contributed by atoms with Crippen LogP contribution in [0.4, 0.5) is 0 Å². The summed E-state index contributed by atoms with van der Waals surface area (Å²) in [6.07, 6.45) is 0. The van der Waals surface area contributed by atoms with Crippen LogP contribution in [0.1, 0.15) is 22.7 Å². The van der Waals surface area contributed by atoms with E-state index < -0.39 is 16.1 Å². The van der Waals surface area contributed by atoms with Gasteiger partial charge >= 0.3 is 0 Å². The van der Waals surface area contributed by atoms with E-state index in [-0.39, 0.29) is 4.90 Å². The molecule has 0 fully saturated rings. The van der Waals surface area contributed by atoms with E-state index in [2.05, 4.69) is 25.6 Å². The molecule has 1 atom stereocenters. The minimum atomic E-state index is -3.79. The van der Waals surface area contributed by atoms with Gasteiger partial charge in [0.2, 0.25) is 10.0 Å². The normalized spacial score (nSPS) is 12.8. The lowest BCUT2D eigenvalue weighted by Gasteiger charge is -2.21. The highest BCUT2D eigenvalue weighted by molar-refractivity contribution is 9.10. The van der Waals surface area contributed by atoms with Crippen molar-refractivity contribution in [2.75, 3.05) is 0 Å². The van der Waals surface area contributed by atoms with Crippen LogP contribution in [0.25, 0.3) is 21.5 Å². The van der Waals surface area contributed by atoms with Crippen LogP contribution in [0.15, 0.2) is 99.7 Å². The Bertz CT molecular complexity index is 1510. The zero-order valence-corrected chi connectivity index (χ0v) is 21.0. The van der Waals surface area contributed by atoms with Gasteiger partial charge in [0, 0.05) is 20.9 Å². The SMILES string of the molecule is Cc1ccc(S(=O)(=O)NC(c2ccc(Br)cc2)c2c(-c3cccs3)[nH]c3ccccc23)cc1. The first kappa shape index (κ1) is 22.1. The van der Waals surface area contributed by atoms with E-state index in [1.807, 2.05) is 85.1 Å². The van der Waals surface area contributed by atoms with Crippen LogP contribution in [0, 0.1) is 6.92 Å². The molecule has 0 saturated carbocycles. The van der Waals surface area contributed by atoms with Crippen molar-refractivity contribution in [3.05, 3.63) is 111 Å². The fourth-order valence-corrected chi connectivity index (χ4v) is 6.17. The first-order chi connectivity index (χ1) is 15.9. The van der Waals surface area contributed by atoms with Crippen molar-refractivity contribution < 1.29 is 8.42 Å². The maximum Gasteiger partial charge on any atom is 0.241 e. The molecular formula is C26H21BrN2O2S2. The molecule has 0 bridgehead atoms. The van der Waals surface area contributed by atoms with Crippen molar-refractivity contribution in [3.8, 4) is 10.6 Å². The Hall–Kier alpha value is -2.71. The zero-order chi connectivity index (χ0) is 23.0. The number of thiophene rings is 1. The average Bonchev–Trinajstić information content (AvgIpc) is 3.46. The highest BCUT2D eigenvalue weighted by atomic mass is 79.9. The van der Waals surface area contributed by atoms with Gasteiger partial charge in [0.15, 0.2) is 0 Å². The van der Waals surface area contributed by atoms with E-state index in [1.54, 1.807) is 23.5 Å². The lowest BCUT2D eigenvalue weighted by atomic mass is 9.96. The number of rotatable bonds is 6. The molecule has 2 heterocycles. The number of aryl methyl sites for hydroxylation is 1. The van der Waals surface area contributed by atoms with Crippen molar-refractivity contribution >= 4 is 48.2 Å². The molecule has 0 amide bonds. The molecule has 4 nitrogen and oxygen atoms in total. The van der Waals surface area contributed by atoms with Crippen LogP contribution in [0.3, 0.4) is 0 Å². The Kier molecular flexibility index (Phi) is 5.97. The third kappa shape index (κ3) is 4.42. The van der Waals surface area contributed by atoms with Crippen molar-refractivity contribution in [1.82, 2.24) is 9.71 Å². The number of aromatic amines is 1. The summed E-state index contributed by atoms with van der Waals surface area (Å²) in [5.74, 6) is 0. The largest absolute Gasteiger partial charge is 0.354 e. The fourth-order valence-electron chi connectivity index (χ4n) is 3.97. The minimum absolute atomic E-state index is 0.243. The average molecular weight is 538 g/mol. The first-order valence-electron chi connectivity index (χ1n) is 10.4. The molecule has 0 aliphatic rings. The summed E-state index contributed by atoms with van der Waals surface area (Å²) in [6.45, 7) is 1.94. The second-order valence-corrected chi connectivity index (χ2v) is 11.4. The fraction of sp³-hybridized carbons (Fsp3) is 0.0769. The predicted molar refractivity (Wildman–Crippen MR) is 139 cm³/mol. The molecule has 0 saturated heterocycles. The molecule has 2 N–H and O–H groups in total. The molecular weight excluding hydrogens is 516 g/mol. The third-order valence-corrected chi connectivity index (χ3v) is 8.46. The summed E-state index contributed by atoms with van der Waals surface area (Å²) in [6, 6.07) is 26.1. The summed E-state index contributed by atoms with van der Waals surface area (Å²) >= 11 is 5.11. The lowest BCUT2D eigenvalue weighted by Crippen LogP contribution is -2.29. The van der Waals surface area contributed by atoms with Gasteiger partial charge in [-0.2, -0.15) is 4.72 Å². The van der Waals surface area contributed by atoms with Gasteiger partial charge in [-0.15, -0.1) is 11.3 Å². The van der Waals surface area contributed by atoms with E-state index in [4.69, 9.17) is 0 Å². The molecule has 33 heavy (non-hydrogen) atoms. The van der Waals surface area contributed by atoms with Crippen LogP contribution in [-0.2, 0) is 10.0 Å². The van der Waals surface area contributed by atoms with E-state index in [9.17, 15) is 8.42 Å². The van der Waals surface area contributed by atoms with Gasteiger partial charge in [0.1, 0.15) is 0 Å². The number of hydrogen-bond donors (Lipinski definition) is 2. The predicted octanol–water partition coefficient (Wildman–Crippen LogP) is 7.04. The van der Waals surface area contributed by atoms with Gasteiger partial charge in [-0.1, -0.05) is 70.0 Å². The van der Waals surface area contributed by atoms with E-state index in [1.165, 1.54) is 0 Å². The second kappa shape index (κ2) is 8.91. The number of H-pyrrole nitrogens is 1. The van der Waals surface area contributed by atoms with Gasteiger partial charge < -0.3 is 4.98 Å². The number of halogens is 1. The number of aromatic nitrogens is 1. The topological polar surface area (TPSA) is 62.0 Å². The van der Waals surface area contributed by atoms with Gasteiger partial charge in [-0.05, 0) is 54.3 Å². The van der Waals surface area contributed by atoms with Gasteiger partial charge in [-0.3, -0.25) is 0 Å². The van der Waals surface area contributed by atoms with Crippen molar-refractivity contribution in [1.29, 1.82) is 0 Å². The minimum Gasteiger partial charge on any atom is -0.354 e. The number of fused-ring (bicyclic) bond motifs is 1. The first-order valence-corrected chi connectivity index (χ1v) is 13.6. The molecule has 5 aromatic rings. The number of sulfonamides is 1. The Morgan fingerprint density at radius 1 is 0.909 bits per heavy atom. The Labute approximate surface area is 205 Å². The van der Waals surface area contributed by atoms with Crippen LogP contribution < -0.4 is 4.72 Å². The quantitative estimate of drug-likeness (QED) is 0.244. The molecule has 0 aliphatic heterocycles. The summed E-state index contributed by atoms with van der Waals surface area (Å²) in [5.41, 5.74) is 4.66. The summed E-state index contributed by atoms with van der Waals surface area (Å²) in [7, 11) is -3.79. The Morgan fingerprint density at radius 2 is 1.64 bits per heavy atom. The standard InChI is InChI=1S/C26H21BrN2O2S2/c1-17-8-14-20(15-9-17)33(30,31)29-25(18-10-12-19(27)13-11-18)24-21-5-2-3-6-22(21)28-26(24)23-7-4-16-32-23/h2-16,25,28-29H,1H3. The summed E-state index contributed by atoms with van der Waals surface area (Å²) < 4.78 is 30.9. The van der Waals surface area contributed by atoms with Crippen LogP contribution >= 0.6 is 27.3 Å².